The molecule has 3 amide bonds. The van der Waals surface area contributed by atoms with Gasteiger partial charge in [-0.3, -0.25) is 14.0 Å². The van der Waals surface area contributed by atoms with E-state index < -0.39 is 5.82 Å². The number of carboxylic acid groups (broad SMARTS) is 1. The summed E-state index contributed by atoms with van der Waals surface area (Å²) in [6, 6.07) is 8.36. The van der Waals surface area contributed by atoms with Crippen LogP contribution in [0.3, 0.4) is 0 Å². The van der Waals surface area contributed by atoms with Crippen molar-refractivity contribution in [3.63, 3.8) is 0 Å². The SMILES string of the molecule is COc1ccc(-c2cnc3c(Nc4ccc(C(=O)N5CCN(C(=O)NC[C@@H](C)N)CC5)c(C)c4)nccn23)c(Cl)c1F.O=CO. The topological polar surface area (TPSA) is 167 Å². The fraction of sp³-hybridized carbons (Fsp3) is 0.300. The molecule has 5 rings (SSSR count). The van der Waals surface area contributed by atoms with Gasteiger partial charge in [-0.05, 0) is 49.7 Å². The Morgan fingerprint density at radius 1 is 1.18 bits per heavy atom. The molecule has 1 saturated heterocycles. The lowest BCUT2D eigenvalue weighted by molar-refractivity contribution is -0.122. The fourth-order valence-electron chi connectivity index (χ4n) is 4.86. The number of hydrogen-bond acceptors (Lipinski definition) is 8. The smallest absolute Gasteiger partial charge is 0.317 e. The highest BCUT2D eigenvalue weighted by molar-refractivity contribution is 6.33. The second-order valence-corrected chi connectivity index (χ2v) is 10.6. The van der Waals surface area contributed by atoms with Crippen LogP contribution < -0.4 is 21.1 Å². The van der Waals surface area contributed by atoms with Crippen LogP contribution in [0.5, 0.6) is 5.75 Å². The van der Waals surface area contributed by atoms with E-state index >= 15 is 0 Å². The van der Waals surface area contributed by atoms with Gasteiger partial charge < -0.3 is 36.0 Å². The van der Waals surface area contributed by atoms with Gasteiger partial charge >= 0.3 is 6.03 Å². The van der Waals surface area contributed by atoms with Crippen LogP contribution in [0.4, 0.5) is 20.7 Å². The summed E-state index contributed by atoms with van der Waals surface area (Å²) in [5.74, 6) is -0.197. The van der Waals surface area contributed by atoms with Crippen LogP contribution in [0.2, 0.25) is 5.02 Å². The van der Waals surface area contributed by atoms with Gasteiger partial charge in [0.15, 0.2) is 23.0 Å². The lowest BCUT2D eigenvalue weighted by Gasteiger charge is -2.35. The minimum absolute atomic E-state index is 0.0570. The van der Waals surface area contributed by atoms with Gasteiger partial charge in [0.05, 0.1) is 24.0 Å². The highest BCUT2D eigenvalue weighted by Gasteiger charge is 2.26. The van der Waals surface area contributed by atoms with E-state index in [2.05, 4.69) is 20.6 Å². The number of fused-ring (bicyclic) bond motifs is 1. The van der Waals surface area contributed by atoms with Crippen LogP contribution in [-0.2, 0) is 4.79 Å². The summed E-state index contributed by atoms with van der Waals surface area (Å²) >= 11 is 6.31. The third-order valence-corrected chi connectivity index (χ3v) is 7.49. The maximum Gasteiger partial charge on any atom is 0.317 e. The standard InChI is InChI=1S/C29H32ClFN8O3.CH2O2/c1-17-14-19(4-5-20(17)28(40)37-10-12-38(13-11-37)29(41)35-15-18(2)32)36-26-27-34-16-22(39(27)9-8-33-26)21-6-7-23(42-3)25(31)24(21)30;2-1-3/h4-9,14,16,18H,10-13,15,32H2,1-3H3,(H,33,36)(H,35,41);1H,(H,2,3)/t18-;/m1./s1. The molecule has 13 nitrogen and oxygen atoms in total. The number of benzene rings is 2. The number of methoxy groups -OCH3 is 1. The van der Waals surface area contributed by atoms with Gasteiger partial charge in [-0.25, -0.2) is 19.2 Å². The minimum atomic E-state index is -0.645. The minimum Gasteiger partial charge on any atom is -0.494 e. The number of urea groups is 1. The average Bonchev–Trinajstić information content (AvgIpc) is 3.46. The first-order valence-corrected chi connectivity index (χ1v) is 14.3. The molecule has 2 aromatic carbocycles. The number of halogens is 2. The predicted molar refractivity (Wildman–Crippen MR) is 168 cm³/mol. The maximum atomic E-state index is 14.6. The van der Waals surface area contributed by atoms with Gasteiger partial charge in [0.25, 0.3) is 12.4 Å². The van der Waals surface area contributed by atoms with Gasteiger partial charge in [0.1, 0.15) is 0 Å². The normalized spacial score (nSPS) is 13.5. The molecule has 45 heavy (non-hydrogen) atoms. The zero-order chi connectivity index (χ0) is 32.7. The quantitative estimate of drug-likeness (QED) is 0.220. The number of piperazine rings is 1. The molecule has 1 fully saturated rings. The van der Waals surface area contributed by atoms with E-state index in [4.69, 9.17) is 32.0 Å². The Labute approximate surface area is 263 Å². The Hall–Kier alpha value is -4.95. The Morgan fingerprint density at radius 3 is 2.51 bits per heavy atom. The number of anilines is 2. The molecule has 3 heterocycles. The Bertz CT molecular complexity index is 1690. The van der Waals surface area contributed by atoms with Crippen molar-refractivity contribution in [2.24, 2.45) is 5.73 Å². The lowest BCUT2D eigenvalue weighted by atomic mass is 10.1. The number of nitrogens with zero attached hydrogens (tertiary/aromatic N) is 5. The molecular weight excluding hydrogens is 607 g/mol. The van der Waals surface area contributed by atoms with E-state index in [1.54, 1.807) is 44.9 Å². The van der Waals surface area contributed by atoms with Crippen LogP contribution in [-0.4, -0.2) is 93.6 Å². The van der Waals surface area contributed by atoms with E-state index in [1.807, 2.05) is 26.0 Å². The number of nitrogens with two attached hydrogens (primary N) is 1. The molecule has 1 aliphatic heterocycles. The second kappa shape index (κ2) is 14.7. The van der Waals surface area contributed by atoms with Crippen molar-refractivity contribution in [3.05, 3.63) is 70.9 Å². The molecule has 0 saturated carbocycles. The van der Waals surface area contributed by atoms with Crippen molar-refractivity contribution in [1.29, 1.82) is 0 Å². The summed E-state index contributed by atoms with van der Waals surface area (Å²) in [5, 5.41) is 12.9. The summed E-state index contributed by atoms with van der Waals surface area (Å²) in [6.45, 7) is 5.64. The first-order chi connectivity index (χ1) is 21.6. The number of carbonyl (C=O) groups excluding carboxylic acids is 2. The van der Waals surface area contributed by atoms with Gasteiger partial charge in [0, 0.05) is 68.0 Å². The molecule has 0 aliphatic carbocycles. The molecule has 0 bridgehead atoms. The monoisotopic (exact) mass is 640 g/mol. The van der Waals surface area contributed by atoms with Crippen LogP contribution in [0.1, 0.15) is 22.8 Å². The van der Waals surface area contributed by atoms with Gasteiger partial charge in [-0.15, -0.1) is 0 Å². The number of rotatable bonds is 7. The van der Waals surface area contributed by atoms with E-state index in [0.29, 0.717) is 61.0 Å². The van der Waals surface area contributed by atoms with Crippen molar-refractivity contribution in [2.45, 2.75) is 19.9 Å². The van der Waals surface area contributed by atoms with Crippen molar-refractivity contribution in [1.82, 2.24) is 29.5 Å². The third-order valence-electron chi connectivity index (χ3n) is 7.12. The van der Waals surface area contributed by atoms with Crippen LogP contribution >= 0.6 is 11.6 Å². The molecule has 238 valence electrons. The number of aromatic nitrogens is 3. The van der Waals surface area contributed by atoms with Crippen molar-refractivity contribution >= 4 is 47.2 Å². The number of imidazole rings is 1. The Balaban J connectivity index is 0.00000148. The molecule has 0 radical (unpaired) electrons. The summed E-state index contributed by atoms with van der Waals surface area (Å²) in [7, 11) is 1.38. The van der Waals surface area contributed by atoms with Crippen LogP contribution in [0.25, 0.3) is 16.9 Å². The lowest BCUT2D eigenvalue weighted by Crippen LogP contribution is -2.54. The number of aryl methyl sites for hydroxylation is 1. The Kier molecular flexibility index (Phi) is 10.8. The van der Waals surface area contributed by atoms with Gasteiger partial charge in [0.2, 0.25) is 0 Å². The zero-order valence-corrected chi connectivity index (χ0v) is 25.7. The highest BCUT2D eigenvalue weighted by atomic mass is 35.5. The van der Waals surface area contributed by atoms with Crippen molar-refractivity contribution < 1.29 is 28.6 Å². The van der Waals surface area contributed by atoms with Crippen LogP contribution in [0, 0.1) is 12.7 Å². The first-order valence-electron chi connectivity index (χ1n) is 14.0. The molecule has 1 aliphatic rings. The highest BCUT2D eigenvalue weighted by Crippen LogP contribution is 2.35. The Morgan fingerprint density at radius 2 is 1.87 bits per heavy atom. The molecule has 1 atom stereocenters. The van der Waals surface area contributed by atoms with E-state index in [1.165, 1.54) is 13.2 Å². The summed E-state index contributed by atoms with van der Waals surface area (Å²) in [5.41, 5.74) is 9.37. The summed E-state index contributed by atoms with van der Waals surface area (Å²) in [4.78, 5) is 46.3. The number of amides is 3. The second-order valence-electron chi connectivity index (χ2n) is 10.3. The zero-order valence-electron chi connectivity index (χ0n) is 25.0. The van der Waals surface area contributed by atoms with E-state index in [9.17, 15) is 14.0 Å². The average molecular weight is 641 g/mol. The summed E-state index contributed by atoms with van der Waals surface area (Å²) < 4.78 is 21.4. The molecule has 5 N–H and O–H groups in total. The predicted octanol–water partition coefficient (Wildman–Crippen LogP) is 3.76. The maximum absolute atomic E-state index is 14.6. The fourth-order valence-corrected chi connectivity index (χ4v) is 5.11. The summed E-state index contributed by atoms with van der Waals surface area (Å²) in [6.07, 6.45) is 4.93. The number of hydrogen-bond donors (Lipinski definition) is 4. The molecule has 4 aromatic rings. The van der Waals surface area contributed by atoms with Crippen molar-refractivity contribution in [2.75, 3.05) is 45.2 Å². The first kappa shape index (κ1) is 33.0. The molecular formula is C30H34ClFN8O5. The number of nitrogens with one attached hydrogen (secondary N) is 2. The van der Waals surface area contributed by atoms with Crippen LogP contribution in [0.15, 0.2) is 48.9 Å². The van der Waals surface area contributed by atoms with Crippen molar-refractivity contribution in [3.8, 4) is 17.0 Å². The van der Waals surface area contributed by atoms with Gasteiger partial charge in [-0.2, -0.15) is 0 Å². The largest absolute Gasteiger partial charge is 0.494 e. The number of ether oxygens (including phenoxy) is 1. The molecule has 15 heteroatoms. The third kappa shape index (κ3) is 7.41. The van der Waals surface area contributed by atoms with Gasteiger partial charge in [-0.1, -0.05) is 11.6 Å². The van der Waals surface area contributed by atoms with E-state index in [0.717, 1.165) is 11.3 Å². The number of carbonyl (C=O) groups is 3. The molecule has 2 aromatic heterocycles. The molecule has 0 spiro atoms. The van der Waals surface area contributed by atoms with E-state index in [-0.39, 0.29) is 35.2 Å². The molecule has 0 unspecified atom stereocenters.